The van der Waals surface area contributed by atoms with Crippen molar-refractivity contribution in [2.75, 3.05) is 0 Å². The summed E-state index contributed by atoms with van der Waals surface area (Å²) in [7, 11) is -4.08. The fourth-order valence-corrected chi connectivity index (χ4v) is 1.21. The Balaban J connectivity index is 0.00000121. The van der Waals surface area contributed by atoms with E-state index in [9.17, 15) is 8.42 Å². The van der Waals surface area contributed by atoms with E-state index in [1.54, 1.807) is 0 Å². The molecule has 6 heteroatoms. The maximum absolute atomic E-state index is 10.5. The minimum atomic E-state index is -4.08. The first kappa shape index (κ1) is 12.2. The number of halogens is 1. The largest absolute Gasteiger partial charge is 0.294 e. The van der Waals surface area contributed by atoms with Crippen molar-refractivity contribution in [1.29, 1.82) is 0 Å². The van der Waals surface area contributed by atoms with E-state index in [4.69, 9.17) is 16.2 Å². The molecule has 12 heavy (non-hydrogen) atoms. The predicted octanol–water partition coefficient (Wildman–Crippen LogP) is 1.58. The molecule has 0 aromatic heterocycles. The standard InChI is InChI=1S/C6H5ClO3S.Au/c7-5-1-3-6(4-2-5)11(8,9)10;/h1-4H,(H,8,9,10);. The van der Waals surface area contributed by atoms with Crippen LogP contribution in [-0.4, -0.2) is 13.0 Å². The van der Waals surface area contributed by atoms with Crippen LogP contribution in [0, 0.1) is 0 Å². The summed E-state index contributed by atoms with van der Waals surface area (Å²) in [5, 5.41) is 0.428. The maximum Gasteiger partial charge on any atom is 0.294 e. The molecule has 0 aliphatic carbocycles. The third-order valence-electron chi connectivity index (χ3n) is 1.11. The second-order valence-electron chi connectivity index (χ2n) is 1.93. The zero-order chi connectivity index (χ0) is 8.48. The third-order valence-corrected chi connectivity index (χ3v) is 2.23. The van der Waals surface area contributed by atoms with Gasteiger partial charge in [0.15, 0.2) is 0 Å². The van der Waals surface area contributed by atoms with Crippen molar-refractivity contribution in [3.05, 3.63) is 29.3 Å². The quantitative estimate of drug-likeness (QED) is 0.586. The molecule has 0 spiro atoms. The predicted molar refractivity (Wildman–Crippen MR) is 41.3 cm³/mol. The molecule has 1 radical (unpaired) electrons. The van der Waals surface area contributed by atoms with Gasteiger partial charge in [-0.25, -0.2) is 0 Å². The van der Waals surface area contributed by atoms with E-state index in [2.05, 4.69) is 0 Å². The van der Waals surface area contributed by atoms with Crippen LogP contribution in [-0.2, 0) is 32.5 Å². The first-order valence-electron chi connectivity index (χ1n) is 2.73. The Hall–Kier alpha value is 0.160. The molecule has 0 atom stereocenters. The summed E-state index contributed by atoms with van der Waals surface area (Å²) in [6.07, 6.45) is 0. The molecule has 0 bridgehead atoms. The minimum Gasteiger partial charge on any atom is -0.282 e. The van der Waals surface area contributed by atoms with Crippen LogP contribution in [0.1, 0.15) is 0 Å². The van der Waals surface area contributed by atoms with Gasteiger partial charge in [0.1, 0.15) is 0 Å². The fraction of sp³-hybridized carbons (Fsp3) is 0. The number of hydrogen-bond acceptors (Lipinski definition) is 2. The van der Waals surface area contributed by atoms with Gasteiger partial charge in [-0.05, 0) is 24.3 Å². The molecule has 71 valence electrons. The zero-order valence-corrected chi connectivity index (χ0v) is 9.40. The van der Waals surface area contributed by atoms with Gasteiger partial charge in [0.2, 0.25) is 0 Å². The van der Waals surface area contributed by atoms with Gasteiger partial charge in [-0.15, -0.1) is 0 Å². The Kier molecular flexibility index (Phi) is 4.47. The molecule has 0 aliphatic rings. The molecule has 0 heterocycles. The van der Waals surface area contributed by atoms with Crippen LogP contribution in [0.5, 0.6) is 0 Å². The molecule has 0 fully saturated rings. The van der Waals surface area contributed by atoms with E-state index in [1.807, 2.05) is 0 Å². The second kappa shape index (κ2) is 4.41. The van der Waals surface area contributed by atoms with E-state index >= 15 is 0 Å². The van der Waals surface area contributed by atoms with E-state index in [0.717, 1.165) is 0 Å². The Morgan fingerprint density at radius 3 is 1.92 bits per heavy atom. The molecule has 0 saturated carbocycles. The first-order chi connectivity index (χ1) is 5.00. The smallest absolute Gasteiger partial charge is 0.282 e. The van der Waals surface area contributed by atoms with Crippen molar-refractivity contribution in [3.8, 4) is 0 Å². The molecular formula is C6H5AuClO3S. The Morgan fingerprint density at radius 2 is 1.58 bits per heavy atom. The van der Waals surface area contributed by atoms with Crippen LogP contribution in [0.4, 0.5) is 0 Å². The topological polar surface area (TPSA) is 54.4 Å². The first-order valence-corrected chi connectivity index (χ1v) is 4.55. The molecule has 3 nitrogen and oxygen atoms in total. The van der Waals surface area contributed by atoms with E-state index < -0.39 is 10.1 Å². The Labute approximate surface area is 91.0 Å². The van der Waals surface area contributed by atoms with Crippen LogP contribution in [0.2, 0.25) is 5.02 Å². The van der Waals surface area contributed by atoms with Crippen LogP contribution >= 0.6 is 11.6 Å². The van der Waals surface area contributed by atoms with Crippen LogP contribution in [0.3, 0.4) is 0 Å². The van der Waals surface area contributed by atoms with E-state index in [1.165, 1.54) is 24.3 Å². The molecule has 1 aromatic carbocycles. The average molecular weight is 390 g/mol. The van der Waals surface area contributed by atoms with Gasteiger partial charge in [0.05, 0.1) is 4.90 Å². The Bertz CT molecular complexity index is 346. The molecule has 0 unspecified atom stereocenters. The summed E-state index contributed by atoms with van der Waals surface area (Å²) < 4.78 is 29.4. The van der Waals surface area contributed by atoms with Gasteiger partial charge in [-0.1, -0.05) is 11.6 Å². The van der Waals surface area contributed by atoms with Crippen LogP contribution in [0.25, 0.3) is 0 Å². The van der Waals surface area contributed by atoms with E-state index in [-0.39, 0.29) is 27.3 Å². The normalized spacial score (nSPS) is 10.5. The van der Waals surface area contributed by atoms with Gasteiger partial charge in [0, 0.05) is 27.4 Å². The van der Waals surface area contributed by atoms with Gasteiger partial charge < -0.3 is 0 Å². The SMILES string of the molecule is O=S(=O)(O)c1ccc(Cl)cc1.[Au]. The summed E-state index contributed by atoms with van der Waals surface area (Å²) in [5.74, 6) is 0. The summed E-state index contributed by atoms with van der Waals surface area (Å²) in [5.41, 5.74) is 0. The van der Waals surface area contributed by atoms with Crippen molar-refractivity contribution < 1.29 is 35.4 Å². The average Bonchev–Trinajstić information content (AvgIpc) is 1.86. The van der Waals surface area contributed by atoms with Crippen LogP contribution in [0.15, 0.2) is 29.2 Å². The number of rotatable bonds is 1. The van der Waals surface area contributed by atoms with Crippen molar-refractivity contribution in [2.45, 2.75) is 4.90 Å². The second-order valence-corrected chi connectivity index (χ2v) is 3.79. The monoisotopic (exact) mass is 389 g/mol. The summed E-state index contributed by atoms with van der Waals surface area (Å²) in [6, 6.07) is 5.25. The summed E-state index contributed by atoms with van der Waals surface area (Å²) in [4.78, 5) is -0.151. The van der Waals surface area contributed by atoms with E-state index in [0.29, 0.717) is 5.02 Å². The molecule has 0 aliphatic heterocycles. The van der Waals surface area contributed by atoms with Gasteiger partial charge in [-0.2, -0.15) is 8.42 Å². The van der Waals surface area contributed by atoms with Gasteiger partial charge in [-0.3, -0.25) is 4.55 Å². The van der Waals surface area contributed by atoms with Crippen molar-refractivity contribution in [1.82, 2.24) is 0 Å². The summed E-state index contributed by atoms with van der Waals surface area (Å²) in [6.45, 7) is 0. The number of hydrogen-bond donors (Lipinski definition) is 1. The minimum absolute atomic E-state index is 0. The van der Waals surface area contributed by atoms with Crippen LogP contribution < -0.4 is 0 Å². The zero-order valence-electron chi connectivity index (χ0n) is 5.66. The molecule has 0 saturated heterocycles. The molecule has 1 rings (SSSR count). The fourth-order valence-electron chi connectivity index (χ4n) is 0.607. The molecular weight excluding hydrogens is 385 g/mol. The third kappa shape index (κ3) is 3.26. The summed E-state index contributed by atoms with van der Waals surface area (Å²) >= 11 is 5.49. The molecule has 1 N–H and O–H groups in total. The Morgan fingerprint density at radius 1 is 1.17 bits per heavy atom. The maximum atomic E-state index is 10.5. The van der Waals surface area contributed by atoms with Crippen molar-refractivity contribution in [3.63, 3.8) is 0 Å². The number of benzene rings is 1. The molecule has 1 aromatic rings. The molecule has 0 amide bonds. The van der Waals surface area contributed by atoms with Gasteiger partial charge in [0.25, 0.3) is 10.1 Å². The van der Waals surface area contributed by atoms with Crippen molar-refractivity contribution >= 4 is 21.7 Å². The van der Waals surface area contributed by atoms with Gasteiger partial charge >= 0.3 is 0 Å². The van der Waals surface area contributed by atoms with Crippen molar-refractivity contribution in [2.24, 2.45) is 0 Å².